The Hall–Kier alpha value is -2.82. The monoisotopic (exact) mass is 381 g/mol. The van der Waals surface area contributed by atoms with E-state index in [4.69, 9.17) is 9.47 Å². The van der Waals surface area contributed by atoms with Crippen LogP contribution in [0.1, 0.15) is 55.1 Å². The highest BCUT2D eigenvalue weighted by molar-refractivity contribution is 5.97. The van der Waals surface area contributed by atoms with Crippen LogP contribution in [0.3, 0.4) is 0 Å². The van der Waals surface area contributed by atoms with Gasteiger partial charge in [-0.1, -0.05) is 51.1 Å². The van der Waals surface area contributed by atoms with Gasteiger partial charge in [0.25, 0.3) is 0 Å². The lowest BCUT2D eigenvalue weighted by Gasteiger charge is -2.26. The summed E-state index contributed by atoms with van der Waals surface area (Å²) in [5.41, 5.74) is 2.64. The van der Waals surface area contributed by atoms with Crippen molar-refractivity contribution in [3.05, 3.63) is 59.2 Å². The van der Waals surface area contributed by atoms with E-state index in [0.717, 1.165) is 23.5 Å². The maximum absolute atomic E-state index is 12.3. The van der Waals surface area contributed by atoms with Crippen molar-refractivity contribution in [2.75, 3.05) is 13.3 Å². The predicted octanol–water partition coefficient (Wildman–Crippen LogP) is 4.03. The molecule has 0 atom stereocenters. The highest BCUT2D eigenvalue weighted by Crippen LogP contribution is 2.36. The lowest BCUT2D eigenvalue weighted by atomic mass is 9.84. The van der Waals surface area contributed by atoms with E-state index in [1.165, 1.54) is 5.56 Å². The maximum atomic E-state index is 12.3. The lowest BCUT2D eigenvalue weighted by Crippen LogP contribution is -2.36. The third-order valence-electron chi connectivity index (χ3n) is 5.14. The standard InChI is InChI=1S/C23H27NO4/c1-4-16-5-7-17(8-6-16)19(25)10-12-22(26)24-14-23(2,3)18-9-11-20-21(13-18)28-15-27-20/h5-9,11,13H,4,10,12,14-15H2,1-3H3,(H,24,26). The number of fused-ring (bicyclic) bond motifs is 1. The molecule has 148 valence electrons. The minimum atomic E-state index is -0.267. The first kappa shape index (κ1) is 19.9. The number of benzene rings is 2. The van der Waals surface area contributed by atoms with Crippen LogP contribution in [0.4, 0.5) is 0 Å². The Morgan fingerprint density at radius 3 is 2.43 bits per heavy atom. The fourth-order valence-electron chi connectivity index (χ4n) is 3.13. The number of Topliss-reactive ketones (excluding diaryl/α,β-unsaturated/α-hetero) is 1. The van der Waals surface area contributed by atoms with Gasteiger partial charge in [-0.25, -0.2) is 0 Å². The quantitative estimate of drug-likeness (QED) is 0.701. The second-order valence-corrected chi connectivity index (χ2v) is 7.70. The van der Waals surface area contributed by atoms with Gasteiger partial charge >= 0.3 is 0 Å². The molecule has 0 saturated heterocycles. The molecule has 0 spiro atoms. The molecule has 1 amide bonds. The molecule has 5 heteroatoms. The van der Waals surface area contributed by atoms with E-state index in [1.54, 1.807) is 0 Å². The average Bonchev–Trinajstić information content (AvgIpc) is 3.18. The van der Waals surface area contributed by atoms with Crippen LogP contribution in [0, 0.1) is 0 Å². The highest BCUT2D eigenvalue weighted by Gasteiger charge is 2.24. The number of aryl methyl sites for hydroxylation is 1. The minimum Gasteiger partial charge on any atom is -0.454 e. The molecule has 0 aliphatic carbocycles. The molecule has 0 radical (unpaired) electrons. The van der Waals surface area contributed by atoms with Crippen LogP contribution in [0.15, 0.2) is 42.5 Å². The fourth-order valence-corrected chi connectivity index (χ4v) is 3.13. The van der Waals surface area contributed by atoms with Crippen molar-refractivity contribution in [2.45, 2.75) is 45.4 Å². The Morgan fingerprint density at radius 2 is 1.71 bits per heavy atom. The zero-order valence-corrected chi connectivity index (χ0v) is 16.7. The molecule has 1 N–H and O–H groups in total. The summed E-state index contributed by atoms with van der Waals surface area (Å²) < 4.78 is 10.8. The van der Waals surface area contributed by atoms with Gasteiger partial charge in [0.2, 0.25) is 12.7 Å². The van der Waals surface area contributed by atoms with Crippen LogP contribution in [-0.4, -0.2) is 25.0 Å². The molecule has 0 fully saturated rings. The molecule has 3 rings (SSSR count). The third-order valence-corrected chi connectivity index (χ3v) is 5.14. The Bertz CT molecular complexity index is 855. The van der Waals surface area contributed by atoms with Crippen molar-refractivity contribution < 1.29 is 19.1 Å². The van der Waals surface area contributed by atoms with E-state index in [1.807, 2.05) is 42.5 Å². The van der Waals surface area contributed by atoms with Gasteiger partial charge in [0, 0.05) is 30.4 Å². The van der Waals surface area contributed by atoms with Crippen molar-refractivity contribution in [2.24, 2.45) is 0 Å². The summed E-state index contributed by atoms with van der Waals surface area (Å²) in [6.45, 7) is 6.92. The Balaban J connectivity index is 1.49. The second kappa shape index (κ2) is 8.46. The van der Waals surface area contributed by atoms with Crippen LogP contribution in [0.5, 0.6) is 11.5 Å². The van der Waals surface area contributed by atoms with Gasteiger partial charge < -0.3 is 14.8 Å². The van der Waals surface area contributed by atoms with Gasteiger partial charge in [-0.15, -0.1) is 0 Å². The van der Waals surface area contributed by atoms with E-state index in [2.05, 4.69) is 26.1 Å². The number of carbonyl (C=O) groups is 2. The topological polar surface area (TPSA) is 64.6 Å². The van der Waals surface area contributed by atoms with Gasteiger partial charge in [-0.3, -0.25) is 9.59 Å². The summed E-state index contributed by atoms with van der Waals surface area (Å²) in [7, 11) is 0. The Morgan fingerprint density at radius 1 is 1.00 bits per heavy atom. The summed E-state index contributed by atoms with van der Waals surface area (Å²) in [5, 5.41) is 2.95. The molecular weight excluding hydrogens is 354 g/mol. The number of nitrogens with one attached hydrogen (secondary N) is 1. The molecule has 1 aliphatic heterocycles. The molecule has 0 saturated carbocycles. The van der Waals surface area contributed by atoms with Crippen LogP contribution in [-0.2, 0) is 16.6 Å². The van der Waals surface area contributed by atoms with E-state index < -0.39 is 0 Å². The molecule has 2 aromatic rings. The number of hydrogen-bond donors (Lipinski definition) is 1. The van der Waals surface area contributed by atoms with Gasteiger partial charge in [0.05, 0.1) is 0 Å². The molecular formula is C23H27NO4. The molecule has 0 bridgehead atoms. The maximum Gasteiger partial charge on any atom is 0.231 e. The summed E-state index contributed by atoms with van der Waals surface area (Å²) in [4.78, 5) is 24.5. The minimum absolute atomic E-state index is 0.00663. The van der Waals surface area contributed by atoms with Crippen molar-refractivity contribution in [1.29, 1.82) is 0 Å². The summed E-state index contributed by atoms with van der Waals surface area (Å²) in [5.74, 6) is 1.35. The molecule has 0 aromatic heterocycles. The Labute approximate surface area is 166 Å². The first-order chi connectivity index (χ1) is 13.4. The van der Waals surface area contributed by atoms with Gasteiger partial charge in [-0.05, 0) is 29.7 Å². The number of hydrogen-bond acceptors (Lipinski definition) is 4. The Kier molecular flexibility index (Phi) is 6.02. The van der Waals surface area contributed by atoms with Crippen molar-refractivity contribution in [3.8, 4) is 11.5 Å². The smallest absolute Gasteiger partial charge is 0.231 e. The third kappa shape index (κ3) is 4.71. The van der Waals surface area contributed by atoms with E-state index >= 15 is 0 Å². The number of ether oxygens (including phenoxy) is 2. The van der Waals surface area contributed by atoms with Crippen LogP contribution in [0.2, 0.25) is 0 Å². The number of carbonyl (C=O) groups excluding carboxylic acids is 2. The highest BCUT2D eigenvalue weighted by atomic mass is 16.7. The predicted molar refractivity (Wildman–Crippen MR) is 108 cm³/mol. The molecule has 0 unspecified atom stereocenters. The van der Waals surface area contributed by atoms with Gasteiger partial charge in [-0.2, -0.15) is 0 Å². The van der Waals surface area contributed by atoms with E-state index in [9.17, 15) is 9.59 Å². The molecule has 2 aromatic carbocycles. The van der Waals surface area contributed by atoms with Crippen molar-refractivity contribution in [3.63, 3.8) is 0 Å². The summed E-state index contributed by atoms with van der Waals surface area (Å²) in [6, 6.07) is 13.4. The van der Waals surface area contributed by atoms with Gasteiger partial charge in [0.1, 0.15) is 0 Å². The largest absolute Gasteiger partial charge is 0.454 e. The first-order valence-electron chi connectivity index (χ1n) is 9.68. The summed E-state index contributed by atoms with van der Waals surface area (Å²) >= 11 is 0. The van der Waals surface area contributed by atoms with Crippen LogP contribution < -0.4 is 14.8 Å². The van der Waals surface area contributed by atoms with E-state index in [-0.39, 0.29) is 36.7 Å². The fraction of sp³-hybridized carbons (Fsp3) is 0.391. The average molecular weight is 381 g/mol. The first-order valence-corrected chi connectivity index (χ1v) is 9.68. The zero-order valence-electron chi connectivity index (χ0n) is 16.7. The molecule has 1 heterocycles. The van der Waals surface area contributed by atoms with Crippen LogP contribution >= 0.6 is 0 Å². The van der Waals surface area contributed by atoms with Gasteiger partial charge in [0.15, 0.2) is 17.3 Å². The van der Waals surface area contributed by atoms with Crippen LogP contribution in [0.25, 0.3) is 0 Å². The zero-order chi connectivity index (χ0) is 20.1. The molecule has 28 heavy (non-hydrogen) atoms. The number of rotatable bonds is 8. The number of ketones is 1. The van der Waals surface area contributed by atoms with Crippen molar-refractivity contribution in [1.82, 2.24) is 5.32 Å². The van der Waals surface area contributed by atoms with E-state index in [0.29, 0.717) is 12.1 Å². The number of amides is 1. The normalized spacial score (nSPS) is 12.7. The molecule has 5 nitrogen and oxygen atoms in total. The SMILES string of the molecule is CCc1ccc(C(=O)CCC(=O)NCC(C)(C)c2ccc3c(c2)OCO3)cc1. The second-order valence-electron chi connectivity index (χ2n) is 7.70. The summed E-state index contributed by atoms with van der Waals surface area (Å²) in [6.07, 6.45) is 1.34. The molecule has 1 aliphatic rings. The van der Waals surface area contributed by atoms with Crippen molar-refractivity contribution >= 4 is 11.7 Å². The lowest BCUT2D eigenvalue weighted by molar-refractivity contribution is -0.121.